The molecule has 156 valence electrons. The number of hydrogen-bond acceptors (Lipinski definition) is 6. The molecular formula is C22H20F2N2O4. The zero-order chi connectivity index (χ0) is 21.1. The van der Waals surface area contributed by atoms with Crippen LogP contribution in [0.4, 0.5) is 8.78 Å². The number of benzene rings is 2. The van der Waals surface area contributed by atoms with Gasteiger partial charge in [0.05, 0.1) is 30.6 Å². The molecule has 1 fully saturated rings. The van der Waals surface area contributed by atoms with Crippen LogP contribution in [0.25, 0.3) is 0 Å². The number of halogens is 2. The second kappa shape index (κ2) is 8.28. The SMILES string of the molecule is CC(Oc1cc(C2=NOC3(CCOC3)C2)ccc1OC(F)F)c1cccc(C#N)c1. The minimum absolute atomic E-state index is 0.0736. The van der Waals surface area contributed by atoms with Crippen molar-refractivity contribution in [2.75, 3.05) is 13.2 Å². The van der Waals surface area contributed by atoms with Gasteiger partial charge in [-0.1, -0.05) is 17.3 Å². The molecule has 2 aliphatic heterocycles. The number of nitriles is 1. The average molecular weight is 414 g/mol. The largest absolute Gasteiger partial charge is 0.482 e. The van der Waals surface area contributed by atoms with Gasteiger partial charge in [0, 0.05) is 18.4 Å². The van der Waals surface area contributed by atoms with Gasteiger partial charge in [-0.05, 0) is 42.8 Å². The lowest BCUT2D eigenvalue weighted by molar-refractivity contribution is -0.0520. The maximum atomic E-state index is 12.9. The molecule has 8 heteroatoms. The van der Waals surface area contributed by atoms with Gasteiger partial charge in [-0.15, -0.1) is 0 Å². The zero-order valence-electron chi connectivity index (χ0n) is 16.3. The molecule has 30 heavy (non-hydrogen) atoms. The van der Waals surface area contributed by atoms with Gasteiger partial charge in [-0.25, -0.2) is 0 Å². The molecule has 0 saturated carbocycles. The predicted octanol–water partition coefficient (Wildman–Crippen LogP) is 4.58. The second-order valence-electron chi connectivity index (χ2n) is 7.33. The highest BCUT2D eigenvalue weighted by Crippen LogP contribution is 2.38. The highest BCUT2D eigenvalue weighted by Gasteiger charge is 2.43. The first kappa shape index (κ1) is 20.1. The fraction of sp³-hybridized carbons (Fsp3) is 0.364. The molecule has 0 bridgehead atoms. The lowest BCUT2D eigenvalue weighted by Gasteiger charge is -2.19. The number of rotatable bonds is 6. The summed E-state index contributed by atoms with van der Waals surface area (Å²) in [5, 5.41) is 13.3. The summed E-state index contributed by atoms with van der Waals surface area (Å²) in [6.07, 6.45) is 0.827. The van der Waals surface area contributed by atoms with Crippen molar-refractivity contribution in [1.29, 1.82) is 5.26 Å². The van der Waals surface area contributed by atoms with Crippen LogP contribution in [0, 0.1) is 11.3 Å². The van der Waals surface area contributed by atoms with Gasteiger partial charge in [0.2, 0.25) is 0 Å². The maximum absolute atomic E-state index is 12.9. The van der Waals surface area contributed by atoms with Crippen molar-refractivity contribution in [1.82, 2.24) is 0 Å². The number of nitrogens with zero attached hydrogens (tertiary/aromatic N) is 2. The van der Waals surface area contributed by atoms with Crippen LogP contribution in [0.1, 0.15) is 42.6 Å². The highest BCUT2D eigenvalue weighted by molar-refractivity contribution is 6.02. The molecule has 2 aliphatic rings. The third kappa shape index (κ3) is 4.21. The molecule has 0 N–H and O–H groups in total. The molecule has 0 aliphatic carbocycles. The van der Waals surface area contributed by atoms with Gasteiger partial charge in [0.1, 0.15) is 6.10 Å². The Hall–Kier alpha value is -3.18. The van der Waals surface area contributed by atoms with Crippen LogP contribution in [0.5, 0.6) is 11.5 Å². The Kier molecular flexibility index (Phi) is 5.55. The third-order valence-electron chi connectivity index (χ3n) is 5.19. The number of hydrogen-bond donors (Lipinski definition) is 0. The van der Waals surface area contributed by atoms with E-state index in [1.54, 1.807) is 37.3 Å². The Labute approximate surface area is 172 Å². The maximum Gasteiger partial charge on any atom is 0.387 e. The summed E-state index contributed by atoms with van der Waals surface area (Å²) in [6.45, 7) is -0.114. The summed E-state index contributed by atoms with van der Waals surface area (Å²) in [5.74, 6) is 0.0875. The average Bonchev–Trinajstić information content (AvgIpc) is 3.39. The van der Waals surface area contributed by atoms with E-state index in [2.05, 4.69) is 16.0 Å². The molecule has 1 saturated heterocycles. The van der Waals surface area contributed by atoms with Crippen LogP contribution in [0.15, 0.2) is 47.6 Å². The highest BCUT2D eigenvalue weighted by atomic mass is 19.3. The fourth-order valence-electron chi connectivity index (χ4n) is 3.57. The first-order valence-electron chi connectivity index (χ1n) is 9.57. The zero-order valence-corrected chi connectivity index (χ0v) is 16.3. The fourth-order valence-corrected chi connectivity index (χ4v) is 3.57. The summed E-state index contributed by atoms with van der Waals surface area (Å²) in [5.41, 5.74) is 2.19. The van der Waals surface area contributed by atoms with E-state index in [1.165, 1.54) is 6.07 Å². The van der Waals surface area contributed by atoms with E-state index in [-0.39, 0.29) is 11.5 Å². The summed E-state index contributed by atoms with van der Waals surface area (Å²) in [7, 11) is 0. The first-order valence-corrected chi connectivity index (χ1v) is 9.57. The first-order chi connectivity index (χ1) is 14.5. The lowest BCUT2D eigenvalue weighted by Crippen LogP contribution is -2.29. The minimum Gasteiger partial charge on any atom is -0.482 e. The number of oxime groups is 1. The van der Waals surface area contributed by atoms with Gasteiger partial charge < -0.3 is 19.0 Å². The Morgan fingerprint density at radius 3 is 2.77 bits per heavy atom. The van der Waals surface area contributed by atoms with E-state index < -0.39 is 18.3 Å². The molecule has 0 radical (unpaired) electrons. The van der Waals surface area contributed by atoms with Gasteiger partial charge in [0.25, 0.3) is 0 Å². The van der Waals surface area contributed by atoms with Crippen molar-refractivity contribution in [3.8, 4) is 17.6 Å². The van der Waals surface area contributed by atoms with Crippen LogP contribution in [0.2, 0.25) is 0 Å². The molecule has 1 spiro atoms. The van der Waals surface area contributed by atoms with Gasteiger partial charge in [-0.3, -0.25) is 0 Å². The molecule has 0 aromatic heterocycles. The van der Waals surface area contributed by atoms with Crippen LogP contribution < -0.4 is 9.47 Å². The molecular weight excluding hydrogens is 394 g/mol. The van der Waals surface area contributed by atoms with E-state index in [0.717, 1.165) is 12.0 Å². The quantitative estimate of drug-likeness (QED) is 0.692. The van der Waals surface area contributed by atoms with E-state index >= 15 is 0 Å². The summed E-state index contributed by atoms with van der Waals surface area (Å²) in [4.78, 5) is 5.62. The van der Waals surface area contributed by atoms with E-state index in [1.807, 2.05) is 6.07 Å². The topological polar surface area (TPSA) is 73.1 Å². The molecule has 2 unspecified atom stereocenters. The van der Waals surface area contributed by atoms with Crippen molar-refractivity contribution in [2.24, 2.45) is 5.16 Å². The van der Waals surface area contributed by atoms with Gasteiger partial charge in [0.15, 0.2) is 17.1 Å². The smallest absolute Gasteiger partial charge is 0.387 e. The molecule has 0 amide bonds. The van der Waals surface area contributed by atoms with E-state index in [4.69, 9.17) is 19.6 Å². The molecule has 4 rings (SSSR count). The standard InChI is InChI=1S/C22H20F2N2O4/c1-14(16-4-2-3-15(9-16)12-25)28-20-10-17(5-6-19(20)29-21(23)24)18-11-22(30-26-18)7-8-27-13-22/h2-6,9-10,14,21H,7-8,11,13H2,1H3. The number of ether oxygens (including phenoxy) is 3. The molecule has 6 nitrogen and oxygen atoms in total. The summed E-state index contributed by atoms with van der Waals surface area (Å²) in [6, 6.07) is 13.7. The minimum atomic E-state index is -2.98. The van der Waals surface area contributed by atoms with Crippen molar-refractivity contribution in [3.63, 3.8) is 0 Å². The molecule has 2 aromatic carbocycles. The van der Waals surface area contributed by atoms with Crippen LogP contribution in [-0.4, -0.2) is 31.1 Å². The van der Waals surface area contributed by atoms with Crippen molar-refractivity contribution in [3.05, 3.63) is 59.2 Å². The molecule has 2 aromatic rings. The lowest BCUT2D eigenvalue weighted by atomic mass is 9.93. The van der Waals surface area contributed by atoms with E-state index in [0.29, 0.717) is 36.5 Å². The van der Waals surface area contributed by atoms with Crippen LogP contribution >= 0.6 is 0 Å². The Morgan fingerprint density at radius 1 is 1.17 bits per heavy atom. The summed E-state index contributed by atoms with van der Waals surface area (Å²) < 4.78 is 41.8. The predicted molar refractivity (Wildman–Crippen MR) is 104 cm³/mol. The van der Waals surface area contributed by atoms with Crippen molar-refractivity contribution in [2.45, 2.75) is 38.1 Å². The molecule has 2 heterocycles. The Bertz CT molecular complexity index is 997. The third-order valence-corrected chi connectivity index (χ3v) is 5.19. The molecule has 2 atom stereocenters. The van der Waals surface area contributed by atoms with E-state index in [9.17, 15) is 8.78 Å². The van der Waals surface area contributed by atoms with Gasteiger partial charge >= 0.3 is 6.61 Å². The normalized spacial score (nSPS) is 21.2. The summed E-state index contributed by atoms with van der Waals surface area (Å²) >= 11 is 0. The monoisotopic (exact) mass is 414 g/mol. The van der Waals surface area contributed by atoms with Crippen molar-refractivity contribution >= 4 is 5.71 Å². The van der Waals surface area contributed by atoms with Gasteiger partial charge in [-0.2, -0.15) is 14.0 Å². The van der Waals surface area contributed by atoms with Crippen molar-refractivity contribution < 1.29 is 27.8 Å². The Morgan fingerprint density at radius 2 is 2.03 bits per heavy atom. The number of alkyl halides is 2. The van der Waals surface area contributed by atoms with Crippen LogP contribution in [-0.2, 0) is 9.57 Å². The second-order valence-corrected chi connectivity index (χ2v) is 7.33. The Balaban J connectivity index is 1.59. The van der Waals surface area contributed by atoms with Crippen LogP contribution in [0.3, 0.4) is 0 Å².